The molecule has 0 radical (unpaired) electrons. The van der Waals surface area contributed by atoms with Gasteiger partial charge in [0.25, 0.3) is 0 Å². The highest BCUT2D eigenvalue weighted by Crippen LogP contribution is 2.30. The van der Waals surface area contributed by atoms with Crippen LogP contribution in [0.5, 0.6) is 0 Å². The standard InChI is InChI=1S/C14H19N3O2/c1-9(15)13(18)16-8-10-2-6-12(7-3-10)17-14(19)11-4-5-11/h2-3,6-7,9,11H,4-5,8,15H2,1H3,(H,16,18)(H,17,19)/t9-/m1/s1. The van der Waals surface area contributed by atoms with Gasteiger partial charge in [0, 0.05) is 18.2 Å². The lowest BCUT2D eigenvalue weighted by atomic mass is 10.2. The smallest absolute Gasteiger partial charge is 0.236 e. The number of amides is 2. The average molecular weight is 261 g/mol. The number of carbonyl (C=O) groups is 2. The van der Waals surface area contributed by atoms with Crippen molar-refractivity contribution in [1.82, 2.24) is 5.32 Å². The highest BCUT2D eigenvalue weighted by Gasteiger charge is 2.29. The van der Waals surface area contributed by atoms with Gasteiger partial charge in [-0.25, -0.2) is 0 Å². The van der Waals surface area contributed by atoms with Gasteiger partial charge in [0.15, 0.2) is 0 Å². The zero-order valence-electron chi connectivity index (χ0n) is 11.0. The maximum absolute atomic E-state index is 11.6. The molecule has 0 unspecified atom stereocenters. The summed E-state index contributed by atoms with van der Waals surface area (Å²) in [6.45, 7) is 2.09. The number of benzene rings is 1. The predicted octanol–water partition coefficient (Wildman–Crippen LogP) is 0.998. The van der Waals surface area contributed by atoms with Crippen LogP contribution in [-0.4, -0.2) is 17.9 Å². The molecule has 0 saturated heterocycles. The van der Waals surface area contributed by atoms with Crippen LogP contribution in [-0.2, 0) is 16.1 Å². The van der Waals surface area contributed by atoms with E-state index in [9.17, 15) is 9.59 Å². The molecule has 1 fully saturated rings. The van der Waals surface area contributed by atoms with Crippen LogP contribution in [0.3, 0.4) is 0 Å². The van der Waals surface area contributed by atoms with E-state index in [-0.39, 0.29) is 17.7 Å². The molecule has 0 spiro atoms. The molecule has 0 aromatic heterocycles. The Morgan fingerprint density at radius 1 is 1.32 bits per heavy atom. The lowest BCUT2D eigenvalue weighted by Gasteiger charge is -2.09. The van der Waals surface area contributed by atoms with Crippen molar-refractivity contribution in [3.63, 3.8) is 0 Å². The quantitative estimate of drug-likeness (QED) is 0.739. The maximum atomic E-state index is 11.6. The van der Waals surface area contributed by atoms with E-state index in [4.69, 9.17) is 5.73 Å². The Morgan fingerprint density at radius 3 is 2.47 bits per heavy atom. The van der Waals surface area contributed by atoms with Crippen molar-refractivity contribution >= 4 is 17.5 Å². The van der Waals surface area contributed by atoms with Gasteiger partial charge in [-0.2, -0.15) is 0 Å². The van der Waals surface area contributed by atoms with Gasteiger partial charge in [-0.1, -0.05) is 12.1 Å². The lowest BCUT2D eigenvalue weighted by Crippen LogP contribution is -2.37. The van der Waals surface area contributed by atoms with Crippen LogP contribution in [0.4, 0.5) is 5.69 Å². The van der Waals surface area contributed by atoms with Crippen molar-refractivity contribution in [3.05, 3.63) is 29.8 Å². The van der Waals surface area contributed by atoms with Crippen LogP contribution < -0.4 is 16.4 Å². The summed E-state index contributed by atoms with van der Waals surface area (Å²) >= 11 is 0. The first-order valence-corrected chi connectivity index (χ1v) is 6.49. The highest BCUT2D eigenvalue weighted by molar-refractivity contribution is 5.94. The zero-order valence-corrected chi connectivity index (χ0v) is 11.0. The van der Waals surface area contributed by atoms with Crippen LogP contribution >= 0.6 is 0 Å². The third-order valence-corrected chi connectivity index (χ3v) is 3.05. The fourth-order valence-corrected chi connectivity index (χ4v) is 1.65. The number of rotatable bonds is 5. The van der Waals surface area contributed by atoms with Gasteiger partial charge in [-0.3, -0.25) is 9.59 Å². The second kappa shape index (κ2) is 5.84. The number of hydrogen-bond donors (Lipinski definition) is 3. The molecule has 1 saturated carbocycles. The van der Waals surface area contributed by atoms with Crippen LogP contribution in [0.15, 0.2) is 24.3 Å². The Kier molecular flexibility index (Phi) is 4.16. The van der Waals surface area contributed by atoms with E-state index in [1.165, 1.54) is 0 Å². The van der Waals surface area contributed by atoms with Crippen molar-refractivity contribution in [2.45, 2.75) is 32.4 Å². The normalized spacial score (nSPS) is 15.7. The lowest BCUT2D eigenvalue weighted by molar-refractivity contribution is -0.122. The van der Waals surface area contributed by atoms with E-state index >= 15 is 0 Å². The number of carbonyl (C=O) groups excluding carboxylic acids is 2. The van der Waals surface area contributed by atoms with Gasteiger partial charge in [0.05, 0.1) is 6.04 Å². The Hall–Kier alpha value is -1.88. The van der Waals surface area contributed by atoms with Crippen molar-refractivity contribution < 1.29 is 9.59 Å². The number of nitrogens with two attached hydrogens (primary N) is 1. The molecule has 4 N–H and O–H groups in total. The minimum atomic E-state index is -0.503. The Balaban J connectivity index is 1.83. The van der Waals surface area contributed by atoms with Crippen LogP contribution in [0.25, 0.3) is 0 Å². The van der Waals surface area contributed by atoms with E-state index in [1.807, 2.05) is 24.3 Å². The first-order valence-electron chi connectivity index (χ1n) is 6.49. The summed E-state index contributed by atoms with van der Waals surface area (Å²) in [5.41, 5.74) is 7.22. The van der Waals surface area contributed by atoms with Gasteiger partial charge in [0.1, 0.15) is 0 Å². The molecular weight excluding hydrogens is 242 g/mol. The van der Waals surface area contributed by atoms with E-state index in [0.29, 0.717) is 6.54 Å². The molecule has 1 aromatic rings. The van der Waals surface area contributed by atoms with E-state index in [0.717, 1.165) is 24.1 Å². The fraction of sp³-hybridized carbons (Fsp3) is 0.429. The van der Waals surface area contributed by atoms with Gasteiger partial charge >= 0.3 is 0 Å². The highest BCUT2D eigenvalue weighted by atomic mass is 16.2. The Labute approximate surface area is 112 Å². The summed E-state index contributed by atoms with van der Waals surface area (Å²) in [7, 11) is 0. The fourth-order valence-electron chi connectivity index (χ4n) is 1.65. The zero-order chi connectivity index (χ0) is 13.8. The summed E-state index contributed by atoms with van der Waals surface area (Å²) in [6.07, 6.45) is 1.99. The largest absolute Gasteiger partial charge is 0.351 e. The molecule has 19 heavy (non-hydrogen) atoms. The van der Waals surface area contributed by atoms with Crippen molar-refractivity contribution in [2.75, 3.05) is 5.32 Å². The van der Waals surface area contributed by atoms with Crippen molar-refractivity contribution in [3.8, 4) is 0 Å². The van der Waals surface area contributed by atoms with Crippen LogP contribution in [0.2, 0.25) is 0 Å². The molecule has 1 aromatic carbocycles. The minimum Gasteiger partial charge on any atom is -0.351 e. The number of hydrogen-bond acceptors (Lipinski definition) is 3. The van der Waals surface area contributed by atoms with Gasteiger partial charge < -0.3 is 16.4 Å². The molecule has 1 aliphatic carbocycles. The maximum Gasteiger partial charge on any atom is 0.236 e. The molecule has 2 amide bonds. The Bertz CT molecular complexity index is 464. The molecule has 0 bridgehead atoms. The second-order valence-electron chi connectivity index (χ2n) is 4.97. The molecule has 2 rings (SSSR count). The first-order chi connectivity index (χ1) is 9.06. The van der Waals surface area contributed by atoms with E-state index in [2.05, 4.69) is 10.6 Å². The number of anilines is 1. The molecule has 1 aliphatic rings. The summed E-state index contributed by atoms with van der Waals surface area (Å²) in [5, 5.41) is 5.60. The molecule has 0 aliphatic heterocycles. The molecule has 5 heteroatoms. The molecule has 102 valence electrons. The third-order valence-electron chi connectivity index (χ3n) is 3.05. The van der Waals surface area contributed by atoms with Crippen LogP contribution in [0, 0.1) is 5.92 Å². The van der Waals surface area contributed by atoms with E-state index in [1.54, 1.807) is 6.92 Å². The van der Waals surface area contributed by atoms with Gasteiger partial charge in [0.2, 0.25) is 11.8 Å². The summed E-state index contributed by atoms with van der Waals surface area (Å²) in [6, 6.07) is 6.94. The summed E-state index contributed by atoms with van der Waals surface area (Å²) in [4.78, 5) is 22.9. The molecular formula is C14H19N3O2. The molecule has 5 nitrogen and oxygen atoms in total. The van der Waals surface area contributed by atoms with Gasteiger partial charge in [-0.15, -0.1) is 0 Å². The second-order valence-corrected chi connectivity index (χ2v) is 4.97. The summed E-state index contributed by atoms with van der Waals surface area (Å²) in [5.74, 6) is 0.120. The first kappa shape index (κ1) is 13.5. The van der Waals surface area contributed by atoms with Crippen molar-refractivity contribution in [2.24, 2.45) is 11.7 Å². The van der Waals surface area contributed by atoms with Crippen LogP contribution in [0.1, 0.15) is 25.3 Å². The van der Waals surface area contributed by atoms with E-state index < -0.39 is 6.04 Å². The Morgan fingerprint density at radius 2 is 1.95 bits per heavy atom. The average Bonchev–Trinajstić information content (AvgIpc) is 3.21. The molecule has 1 atom stereocenters. The monoisotopic (exact) mass is 261 g/mol. The minimum absolute atomic E-state index is 0.0954. The predicted molar refractivity (Wildman–Crippen MR) is 73.3 cm³/mol. The van der Waals surface area contributed by atoms with Gasteiger partial charge in [-0.05, 0) is 37.5 Å². The topological polar surface area (TPSA) is 84.2 Å². The molecule has 0 heterocycles. The third kappa shape index (κ3) is 4.06. The number of nitrogens with one attached hydrogen (secondary N) is 2. The summed E-state index contributed by atoms with van der Waals surface area (Å²) < 4.78 is 0. The SMILES string of the molecule is C[C@@H](N)C(=O)NCc1ccc(NC(=O)C2CC2)cc1. The van der Waals surface area contributed by atoms with Crippen molar-refractivity contribution in [1.29, 1.82) is 0 Å².